The Morgan fingerprint density at radius 2 is 0.815 bits per heavy atom. The molecular formula is C42H54F6N4O2. The van der Waals surface area contributed by atoms with E-state index in [4.69, 9.17) is 0 Å². The fraction of sp³-hybridized carbons (Fsp3) is 0.667. The monoisotopic (exact) mass is 760 g/mol. The van der Waals surface area contributed by atoms with Crippen LogP contribution in [-0.2, 0) is 12.4 Å². The lowest BCUT2D eigenvalue weighted by Gasteiger charge is -2.26. The van der Waals surface area contributed by atoms with E-state index in [2.05, 4.69) is 21.3 Å². The standard InChI is InChI=1S/2C21H27F3N2O/c2*22-21(23,24)14-10-11-16(17(12-14)13-8-9-13)20(27)26-19-7-3-6-18(19)25-15-4-1-2-5-15/h2*10-13,15,18-19,25H,1-9H2,(H,26,27)/t2*18-,19+/m10/s1. The summed E-state index contributed by atoms with van der Waals surface area (Å²) in [5.74, 6) is -0.278. The van der Waals surface area contributed by atoms with Crippen LogP contribution in [0, 0.1) is 0 Å². The molecule has 296 valence electrons. The van der Waals surface area contributed by atoms with Gasteiger partial charge in [0.2, 0.25) is 0 Å². The van der Waals surface area contributed by atoms with Gasteiger partial charge in [-0.2, -0.15) is 26.3 Å². The van der Waals surface area contributed by atoms with E-state index in [9.17, 15) is 35.9 Å². The van der Waals surface area contributed by atoms with Crippen LogP contribution in [0.25, 0.3) is 0 Å². The molecule has 0 unspecified atom stereocenters. The van der Waals surface area contributed by atoms with Gasteiger partial charge in [-0.25, -0.2) is 0 Å². The van der Waals surface area contributed by atoms with Crippen molar-refractivity contribution < 1.29 is 35.9 Å². The molecule has 0 aliphatic heterocycles. The molecule has 2 amide bonds. The van der Waals surface area contributed by atoms with Crippen molar-refractivity contribution in [2.24, 2.45) is 0 Å². The second kappa shape index (κ2) is 16.5. The van der Waals surface area contributed by atoms with E-state index < -0.39 is 23.5 Å². The second-order valence-corrected chi connectivity index (χ2v) is 16.7. The lowest BCUT2D eigenvalue weighted by Crippen LogP contribution is -2.49. The molecule has 0 radical (unpaired) electrons. The van der Waals surface area contributed by atoms with Crippen molar-refractivity contribution in [2.75, 3.05) is 0 Å². The van der Waals surface area contributed by atoms with E-state index in [1.165, 1.54) is 75.6 Å². The molecular weight excluding hydrogens is 706 g/mol. The van der Waals surface area contributed by atoms with E-state index in [1.807, 2.05) is 0 Å². The van der Waals surface area contributed by atoms with Gasteiger partial charge in [0.25, 0.3) is 11.8 Å². The summed E-state index contributed by atoms with van der Waals surface area (Å²) in [4.78, 5) is 25.8. The molecule has 54 heavy (non-hydrogen) atoms. The van der Waals surface area contributed by atoms with Gasteiger partial charge in [0.05, 0.1) is 11.1 Å². The van der Waals surface area contributed by atoms with Crippen LogP contribution in [0.2, 0.25) is 0 Å². The molecule has 4 N–H and O–H groups in total. The average molecular weight is 761 g/mol. The van der Waals surface area contributed by atoms with Gasteiger partial charge in [0.1, 0.15) is 0 Å². The van der Waals surface area contributed by atoms with Gasteiger partial charge in [0, 0.05) is 47.4 Å². The van der Waals surface area contributed by atoms with Crippen molar-refractivity contribution in [1.29, 1.82) is 0 Å². The number of alkyl halides is 6. The van der Waals surface area contributed by atoms with Gasteiger partial charge >= 0.3 is 12.4 Å². The van der Waals surface area contributed by atoms with Crippen LogP contribution in [0.4, 0.5) is 26.3 Å². The highest BCUT2D eigenvalue weighted by Crippen LogP contribution is 2.45. The number of benzene rings is 2. The molecule has 6 nitrogen and oxygen atoms in total. The predicted octanol–water partition coefficient (Wildman–Crippen LogP) is 9.53. The number of halogens is 6. The van der Waals surface area contributed by atoms with Crippen molar-refractivity contribution in [2.45, 2.75) is 176 Å². The smallest absolute Gasteiger partial charge is 0.348 e. The first-order valence-electron chi connectivity index (χ1n) is 20.4. The maximum Gasteiger partial charge on any atom is 0.416 e. The van der Waals surface area contributed by atoms with Crippen LogP contribution in [-0.4, -0.2) is 48.1 Å². The fourth-order valence-electron chi connectivity index (χ4n) is 9.30. The molecule has 0 saturated heterocycles. The maximum absolute atomic E-state index is 13.0. The number of nitrogens with one attached hydrogen (secondary N) is 4. The van der Waals surface area contributed by atoms with Crippen LogP contribution in [0.1, 0.15) is 170 Å². The number of hydrogen-bond acceptors (Lipinski definition) is 4. The minimum Gasteiger partial charge on any atom is -0.348 e. The van der Waals surface area contributed by atoms with Gasteiger partial charge in [-0.1, -0.05) is 25.7 Å². The van der Waals surface area contributed by atoms with Gasteiger partial charge in [-0.15, -0.1) is 0 Å². The van der Waals surface area contributed by atoms with Crippen molar-refractivity contribution in [1.82, 2.24) is 21.3 Å². The molecule has 0 heterocycles. The molecule has 6 aliphatic carbocycles. The Hall–Kier alpha value is -3.12. The maximum atomic E-state index is 13.0. The molecule has 2 aromatic carbocycles. The van der Waals surface area contributed by atoms with Crippen molar-refractivity contribution in [3.05, 3.63) is 69.8 Å². The summed E-state index contributed by atoms with van der Waals surface area (Å²) in [6, 6.07) is 8.89. The Balaban J connectivity index is 0.000000167. The van der Waals surface area contributed by atoms with Gasteiger partial charge in [-0.05, 0) is 149 Å². The molecule has 2 aromatic rings. The zero-order valence-corrected chi connectivity index (χ0v) is 30.9. The highest BCUT2D eigenvalue weighted by atomic mass is 19.4. The number of hydrogen-bond donors (Lipinski definition) is 4. The highest BCUT2D eigenvalue weighted by molar-refractivity contribution is 5.97. The SMILES string of the molecule is O=C(N[C@@H]1CCC[C@@H]1NC1CCCC1)c1ccc(C(F)(F)F)cc1C1CC1.O=C(N[C@H]1CCC[C@H]1NC1CCCC1)c1ccc(C(F)(F)F)cc1C1CC1. The van der Waals surface area contributed by atoms with Crippen LogP contribution in [0.15, 0.2) is 36.4 Å². The minimum absolute atomic E-state index is 0.0624. The number of carbonyl (C=O) groups excluding carboxylic acids is 2. The summed E-state index contributed by atoms with van der Waals surface area (Å²) in [6.07, 6.45) is 10.6. The van der Waals surface area contributed by atoms with Crippen LogP contribution in [0.3, 0.4) is 0 Å². The summed E-state index contributed by atoms with van der Waals surface area (Å²) in [5.41, 5.74) is 0.612. The Labute approximate surface area is 314 Å². The molecule has 6 saturated carbocycles. The van der Waals surface area contributed by atoms with Crippen molar-refractivity contribution >= 4 is 11.8 Å². The van der Waals surface area contributed by atoms with Gasteiger partial charge in [0.15, 0.2) is 0 Å². The van der Waals surface area contributed by atoms with E-state index in [0.717, 1.165) is 76.3 Å². The van der Waals surface area contributed by atoms with Crippen LogP contribution >= 0.6 is 0 Å². The molecule has 6 aliphatic rings. The minimum atomic E-state index is -4.37. The summed E-state index contributed by atoms with van der Waals surface area (Å²) in [7, 11) is 0. The summed E-state index contributed by atoms with van der Waals surface area (Å²) < 4.78 is 78.3. The quantitative estimate of drug-likeness (QED) is 0.182. The Kier molecular flexibility index (Phi) is 12.0. The number of amides is 2. The zero-order valence-electron chi connectivity index (χ0n) is 30.9. The van der Waals surface area contributed by atoms with E-state index in [1.54, 1.807) is 0 Å². The van der Waals surface area contributed by atoms with Crippen LogP contribution < -0.4 is 21.3 Å². The molecule has 12 heteroatoms. The van der Waals surface area contributed by atoms with Crippen molar-refractivity contribution in [3.63, 3.8) is 0 Å². The highest BCUT2D eigenvalue weighted by Gasteiger charge is 2.38. The summed E-state index contributed by atoms with van der Waals surface area (Å²) in [5, 5.41) is 13.6. The first-order valence-corrected chi connectivity index (χ1v) is 20.4. The molecule has 4 atom stereocenters. The Morgan fingerprint density at radius 3 is 1.15 bits per heavy atom. The fourth-order valence-corrected chi connectivity index (χ4v) is 9.30. The lowest BCUT2D eigenvalue weighted by atomic mass is 9.98. The largest absolute Gasteiger partial charge is 0.416 e. The summed E-state index contributed by atoms with van der Waals surface area (Å²) in [6.45, 7) is 0. The third kappa shape index (κ3) is 9.81. The van der Waals surface area contributed by atoms with E-state index >= 15 is 0 Å². The number of carbonyl (C=O) groups is 2. The van der Waals surface area contributed by atoms with Crippen molar-refractivity contribution in [3.8, 4) is 0 Å². The molecule has 0 spiro atoms. The predicted molar refractivity (Wildman–Crippen MR) is 195 cm³/mol. The van der Waals surface area contributed by atoms with Crippen LogP contribution in [0.5, 0.6) is 0 Å². The topological polar surface area (TPSA) is 82.3 Å². The molecule has 0 aromatic heterocycles. The Bertz CT molecular complexity index is 1510. The number of rotatable bonds is 10. The van der Waals surface area contributed by atoms with Gasteiger partial charge in [-0.3, -0.25) is 9.59 Å². The third-order valence-corrected chi connectivity index (χ3v) is 12.6. The zero-order chi connectivity index (χ0) is 38.0. The molecule has 6 fully saturated rings. The van der Waals surface area contributed by atoms with E-state index in [0.29, 0.717) is 34.3 Å². The first-order chi connectivity index (χ1) is 25.8. The lowest BCUT2D eigenvalue weighted by molar-refractivity contribution is -0.138. The van der Waals surface area contributed by atoms with E-state index in [-0.39, 0.29) is 47.8 Å². The normalized spacial score (nSPS) is 26.5. The second-order valence-electron chi connectivity index (χ2n) is 16.7. The average Bonchev–Trinajstić information content (AvgIpc) is 3.92. The molecule has 8 rings (SSSR count). The Morgan fingerprint density at radius 1 is 0.463 bits per heavy atom. The first kappa shape index (κ1) is 39.1. The molecule has 0 bridgehead atoms. The third-order valence-electron chi connectivity index (χ3n) is 12.6. The van der Waals surface area contributed by atoms with Gasteiger partial charge < -0.3 is 21.3 Å². The summed E-state index contributed by atoms with van der Waals surface area (Å²) >= 11 is 0.